The average molecular weight is 387 g/mol. The van der Waals surface area contributed by atoms with Crippen molar-refractivity contribution in [1.82, 2.24) is 10.6 Å². The van der Waals surface area contributed by atoms with Crippen molar-refractivity contribution >= 4 is 29.9 Å². The highest BCUT2D eigenvalue weighted by Crippen LogP contribution is 1.91. The predicted octanol–water partition coefficient (Wildman–Crippen LogP) is 1.87. The van der Waals surface area contributed by atoms with Gasteiger partial charge in [-0.15, -0.1) is 24.0 Å². The Kier molecular flexibility index (Phi) is 17.8. The molecule has 6 heteroatoms. The summed E-state index contributed by atoms with van der Waals surface area (Å²) in [5.74, 6) is 1.47. The summed E-state index contributed by atoms with van der Waals surface area (Å²) in [7, 11) is 1.68. The second kappa shape index (κ2) is 16.0. The number of aliphatic imine (C=N–C) groups is 1. The van der Waals surface area contributed by atoms with Crippen LogP contribution in [0.15, 0.2) is 4.99 Å². The number of nitrogens with zero attached hydrogens (tertiary/aromatic N) is 1. The fraction of sp³-hybridized carbons (Fsp3) is 0.923. The monoisotopic (exact) mass is 387 g/mol. The molecule has 0 saturated carbocycles. The summed E-state index contributed by atoms with van der Waals surface area (Å²) in [6.07, 6.45) is 0.968. The lowest BCUT2D eigenvalue weighted by atomic mass is 10.2. The number of hydrogen-bond acceptors (Lipinski definition) is 3. The first-order valence-corrected chi connectivity index (χ1v) is 6.79. The fourth-order valence-corrected chi connectivity index (χ4v) is 1.24. The van der Waals surface area contributed by atoms with Crippen LogP contribution in [0, 0.1) is 5.92 Å². The molecule has 0 rings (SSSR count). The third-order valence-electron chi connectivity index (χ3n) is 2.15. The van der Waals surface area contributed by atoms with Crippen molar-refractivity contribution in [2.45, 2.75) is 27.2 Å². The molecule has 0 atom stereocenters. The molecule has 0 aliphatic carbocycles. The van der Waals surface area contributed by atoms with E-state index in [4.69, 9.17) is 9.47 Å². The van der Waals surface area contributed by atoms with Gasteiger partial charge in [0.05, 0.1) is 13.2 Å². The van der Waals surface area contributed by atoms with Gasteiger partial charge in [0.2, 0.25) is 0 Å². The molecule has 0 spiro atoms. The molecular formula is C13H30IN3O2. The summed E-state index contributed by atoms with van der Waals surface area (Å²) in [5.41, 5.74) is 0. The number of nitrogens with one attached hydrogen (secondary N) is 2. The minimum atomic E-state index is 0. The van der Waals surface area contributed by atoms with Crippen molar-refractivity contribution in [1.29, 1.82) is 0 Å². The molecule has 0 fully saturated rings. The lowest BCUT2D eigenvalue weighted by molar-refractivity contribution is 0.0698. The number of hydrogen-bond donors (Lipinski definition) is 2. The number of halogens is 1. The van der Waals surface area contributed by atoms with E-state index >= 15 is 0 Å². The summed E-state index contributed by atoms with van der Waals surface area (Å²) in [4.78, 5) is 4.49. The molecule has 0 amide bonds. The zero-order valence-electron chi connectivity index (χ0n) is 12.7. The van der Waals surface area contributed by atoms with Crippen molar-refractivity contribution < 1.29 is 9.47 Å². The smallest absolute Gasteiger partial charge is 0.191 e. The molecule has 19 heavy (non-hydrogen) atoms. The van der Waals surface area contributed by atoms with Gasteiger partial charge < -0.3 is 20.1 Å². The van der Waals surface area contributed by atoms with Crippen LogP contribution < -0.4 is 10.6 Å². The zero-order chi connectivity index (χ0) is 13.6. The maximum Gasteiger partial charge on any atom is 0.191 e. The first-order valence-electron chi connectivity index (χ1n) is 6.79. The van der Waals surface area contributed by atoms with Gasteiger partial charge in [-0.1, -0.05) is 13.8 Å². The van der Waals surface area contributed by atoms with Crippen LogP contribution in [0.4, 0.5) is 0 Å². The minimum Gasteiger partial charge on any atom is -0.382 e. The van der Waals surface area contributed by atoms with Gasteiger partial charge in [0.1, 0.15) is 0 Å². The third-order valence-corrected chi connectivity index (χ3v) is 2.15. The van der Waals surface area contributed by atoms with Gasteiger partial charge in [-0.05, 0) is 19.3 Å². The Morgan fingerprint density at radius 3 is 2.47 bits per heavy atom. The van der Waals surface area contributed by atoms with E-state index in [1.165, 1.54) is 0 Å². The van der Waals surface area contributed by atoms with E-state index in [2.05, 4.69) is 36.4 Å². The van der Waals surface area contributed by atoms with Gasteiger partial charge in [0.25, 0.3) is 0 Å². The Morgan fingerprint density at radius 1 is 1.16 bits per heavy atom. The van der Waals surface area contributed by atoms with Crippen molar-refractivity contribution in [2.24, 2.45) is 10.9 Å². The molecule has 0 aliphatic rings. The van der Waals surface area contributed by atoms with Crippen molar-refractivity contribution in [3.05, 3.63) is 0 Å². The Balaban J connectivity index is 0. The maximum absolute atomic E-state index is 5.39. The number of ether oxygens (including phenoxy) is 2. The van der Waals surface area contributed by atoms with Gasteiger partial charge in [-0.2, -0.15) is 0 Å². The largest absolute Gasteiger partial charge is 0.382 e. The number of methoxy groups -OCH3 is 1. The summed E-state index contributed by atoms with van der Waals surface area (Å²) in [6, 6.07) is 0. The van der Waals surface area contributed by atoms with Gasteiger partial charge in [0, 0.05) is 33.4 Å². The van der Waals surface area contributed by atoms with Crippen LogP contribution >= 0.6 is 24.0 Å². The van der Waals surface area contributed by atoms with Gasteiger partial charge >= 0.3 is 0 Å². The molecule has 0 radical (unpaired) electrons. The Labute approximate surface area is 134 Å². The molecule has 0 aromatic heterocycles. The van der Waals surface area contributed by atoms with Gasteiger partial charge in [-0.25, -0.2) is 0 Å². The van der Waals surface area contributed by atoms with E-state index in [-0.39, 0.29) is 24.0 Å². The molecule has 0 unspecified atom stereocenters. The molecule has 0 heterocycles. The number of guanidine groups is 1. The standard InChI is InChI=1S/C13H29N3O2.HI/c1-5-14-13(16-11-12(2)3)15-7-6-8-18-10-9-17-4;/h12H,5-11H2,1-4H3,(H2,14,15,16);1H. The highest BCUT2D eigenvalue weighted by molar-refractivity contribution is 14.0. The first-order chi connectivity index (χ1) is 8.70. The van der Waals surface area contributed by atoms with E-state index in [1.807, 2.05) is 0 Å². The molecule has 0 aliphatic heterocycles. The van der Waals surface area contributed by atoms with Crippen LogP contribution in [0.3, 0.4) is 0 Å². The van der Waals surface area contributed by atoms with Gasteiger partial charge in [-0.3, -0.25) is 4.99 Å². The fourth-order valence-electron chi connectivity index (χ4n) is 1.24. The summed E-state index contributed by atoms with van der Waals surface area (Å²) in [6.45, 7) is 11.1. The van der Waals surface area contributed by atoms with E-state index in [0.717, 1.165) is 38.6 Å². The van der Waals surface area contributed by atoms with E-state index < -0.39 is 0 Å². The Bertz CT molecular complexity index is 214. The van der Waals surface area contributed by atoms with Crippen molar-refractivity contribution in [3.8, 4) is 0 Å². The SMILES string of the molecule is CCNC(=NCC(C)C)NCCCOCCOC.I. The second-order valence-electron chi connectivity index (χ2n) is 4.50. The topological polar surface area (TPSA) is 54.9 Å². The Morgan fingerprint density at radius 2 is 1.89 bits per heavy atom. The predicted molar refractivity (Wildman–Crippen MR) is 91.5 cm³/mol. The van der Waals surface area contributed by atoms with E-state index in [1.54, 1.807) is 7.11 Å². The number of rotatable bonds is 10. The van der Waals surface area contributed by atoms with Crippen LogP contribution in [0.2, 0.25) is 0 Å². The molecule has 0 aromatic rings. The molecule has 0 saturated heterocycles. The van der Waals surface area contributed by atoms with Crippen LogP contribution in [0.25, 0.3) is 0 Å². The molecule has 0 aromatic carbocycles. The van der Waals surface area contributed by atoms with Crippen molar-refractivity contribution in [2.75, 3.05) is 46.6 Å². The second-order valence-corrected chi connectivity index (χ2v) is 4.50. The lowest BCUT2D eigenvalue weighted by Gasteiger charge is -2.12. The lowest BCUT2D eigenvalue weighted by Crippen LogP contribution is -2.38. The maximum atomic E-state index is 5.39. The quantitative estimate of drug-likeness (QED) is 0.260. The highest BCUT2D eigenvalue weighted by atomic mass is 127. The zero-order valence-corrected chi connectivity index (χ0v) is 15.0. The Hall–Kier alpha value is -0.0800. The summed E-state index contributed by atoms with van der Waals surface area (Å²) < 4.78 is 10.3. The summed E-state index contributed by atoms with van der Waals surface area (Å²) in [5, 5.41) is 6.52. The van der Waals surface area contributed by atoms with Crippen LogP contribution in [0.1, 0.15) is 27.2 Å². The minimum absolute atomic E-state index is 0. The molecule has 2 N–H and O–H groups in total. The molecule has 116 valence electrons. The van der Waals surface area contributed by atoms with Crippen LogP contribution in [-0.4, -0.2) is 52.5 Å². The third kappa shape index (κ3) is 15.9. The van der Waals surface area contributed by atoms with E-state index in [9.17, 15) is 0 Å². The van der Waals surface area contributed by atoms with E-state index in [0.29, 0.717) is 19.1 Å². The average Bonchev–Trinajstić information content (AvgIpc) is 2.34. The van der Waals surface area contributed by atoms with Crippen LogP contribution in [-0.2, 0) is 9.47 Å². The highest BCUT2D eigenvalue weighted by Gasteiger charge is 1.97. The van der Waals surface area contributed by atoms with Crippen LogP contribution in [0.5, 0.6) is 0 Å². The van der Waals surface area contributed by atoms with Gasteiger partial charge in [0.15, 0.2) is 5.96 Å². The first kappa shape index (κ1) is 21.2. The summed E-state index contributed by atoms with van der Waals surface area (Å²) >= 11 is 0. The molecular weight excluding hydrogens is 357 g/mol. The van der Waals surface area contributed by atoms with Crippen molar-refractivity contribution in [3.63, 3.8) is 0 Å². The normalized spacial score (nSPS) is 11.3. The molecule has 0 bridgehead atoms. The molecule has 5 nitrogen and oxygen atoms in total.